The lowest BCUT2D eigenvalue weighted by Crippen LogP contribution is -2.19. The largest absolute Gasteiger partial charge is 0.488 e. The normalized spacial score (nSPS) is 15.6. The maximum atomic E-state index is 11.3. The lowest BCUT2D eigenvalue weighted by molar-refractivity contribution is -0.115. The van der Waals surface area contributed by atoms with E-state index in [0.717, 1.165) is 11.3 Å². The average Bonchev–Trinajstić information content (AvgIpc) is 2.57. The summed E-state index contributed by atoms with van der Waals surface area (Å²) < 4.78 is 5.79. The second-order valence-electron chi connectivity index (χ2n) is 4.84. The lowest BCUT2D eigenvalue weighted by Gasteiger charge is -2.19. The third kappa shape index (κ3) is 2.35. The van der Waals surface area contributed by atoms with Gasteiger partial charge in [-0.25, -0.2) is 0 Å². The van der Waals surface area contributed by atoms with E-state index >= 15 is 0 Å². The van der Waals surface area contributed by atoms with Crippen molar-refractivity contribution in [2.45, 2.75) is 33.3 Å². The van der Waals surface area contributed by atoms with Crippen LogP contribution in [-0.2, 0) is 11.2 Å². The highest BCUT2D eigenvalue weighted by molar-refractivity contribution is 6.00. The molecule has 0 fully saturated rings. The number of hydrogen-bond acceptors (Lipinski definition) is 3. The van der Waals surface area contributed by atoms with Crippen LogP contribution in [0.1, 0.15) is 26.3 Å². The number of amides is 1. The Morgan fingerprint density at radius 3 is 2.71 bits per heavy atom. The van der Waals surface area contributed by atoms with Gasteiger partial charge in [-0.05, 0) is 24.5 Å². The molecule has 4 heteroatoms. The smallest absolute Gasteiger partial charge is 0.228 e. The molecule has 0 saturated heterocycles. The Morgan fingerprint density at radius 1 is 1.35 bits per heavy atom. The summed E-state index contributed by atoms with van der Waals surface area (Å²) in [5.74, 6) is 1.07. The third-order valence-corrected chi connectivity index (χ3v) is 3.11. The zero-order valence-electron chi connectivity index (χ0n) is 10.4. The second kappa shape index (κ2) is 4.28. The molecule has 1 aromatic carbocycles. The SMILES string of the molecule is CC(C)C(C)Oc1cc2c(cc1N)CC(=O)N2. The Hall–Kier alpha value is -1.71. The number of ether oxygens (including phenoxy) is 1. The molecule has 0 aromatic heterocycles. The third-order valence-electron chi connectivity index (χ3n) is 3.11. The van der Waals surface area contributed by atoms with Gasteiger partial charge in [0.1, 0.15) is 5.75 Å². The Kier molecular flexibility index (Phi) is 2.96. The molecule has 0 radical (unpaired) electrons. The van der Waals surface area contributed by atoms with E-state index < -0.39 is 0 Å². The highest BCUT2D eigenvalue weighted by atomic mass is 16.5. The summed E-state index contributed by atoms with van der Waals surface area (Å²) in [7, 11) is 0. The molecular formula is C13H18N2O2. The fourth-order valence-corrected chi connectivity index (χ4v) is 1.71. The highest BCUT2D eigenvalue weighted by Gasteiger charge is 2.20. The standard InChI is InChI=1S/C13H18N2O2/c1-7(2)8(3)17-12-6-11-9(4-10(12)14)5-13(16)15-11/h4,6-8H,5,14H2,1-3H3,(H,15,16). The monoisotopic (exact) mass is 234 g/mol. The van der Waals surface area contributed by atoms with Crippen LogP contribution in [0, 0.1) is 5.92 Å². The molecule has 0 bridgehead atoms. The fourth-order valence-electron chi connectivity index (χ4n) is 1.71. The van der Waals surface area contributed by atoms with Crippen LogP contribution in [0.3, 0.4) is 0 Å². The predicted octanol–water partition coefficient (Wildman–Crippen LogP) is 2.19. The Labute approximate surface area is 101 Å². The number of fused-ring (bicyclic) bond motifs is 1. The molecule has 0 saturated carbocycles. The van der Waals surface area contributed by atoms with E-state index in [0.29, 0.717) is 23.8 Å². The molecule has 17 heavy (non-hydrogen) atoms. The van der Waals surface area contributed by atoms with Gasteiger partial charge in [-0.3, -0.25) is 4.79 Å². The van der Waals surface area contributed by atoms with Gasteiger partial charge >= 0.3 is 0 Å². The van der Waals surface area contributed by atoms with Crippen molar-refractivity contribution in [2.75, 3.05) is 11.1 Å². The molecule has 0 spiro atoms. The molecule has 3 N–H and O–H groups in total. The summed E-state index contributed by atoms with van der Waals surface area (Å²) in [6.07, 6.45) is 0.493. The van der Waals surface area contributed by atoms with Crippen molar-refractivity contribution in [3.63, 3.8) is 0 Å². The quantitative estimate of drug-likeness (QED) is 0.788. The number of nitrogens with two attached hydrogens (primary N) is 1. The zero-order valence-corrected chi connectivity index (χ0v) is 10.4. The maximum absolute atomic E-state index is 11.3. The van der Waals surface area contributed by atoms with Gasteiger partial charge in [-0.2, -0.15) is 0 Å². The number of carbonyl (C=O) groups excluding carboxylic acids is 1. The Bertz CT molecular complexity index is 455. The minimum atomic E-state index is 0.00783. The van der Waals surface area contributed by atoms with Gasteiger partial charge in [0.25, 0.3) is 0 Å². The van der Waals surface area contributed by atoms with E-state index in [1.165, 1.54) is 0 Å². The number of carbonyl (C=O) groups is 1. The van der Waals surface area contributed by atoms with Crippen LogP contribution in [0.15, 0.2) is 12.1 Å². The first-order valence-electron chi connectivity index (χ1n) is 5.86. The van der Waals surface area contributed by atoms with Gasteiger partial charge in [-0.1, -0.05) is 13.8 Å². The molecule has 1 unspecified atom stereocenters. The van der Waals surface area contributed by atoms with Crippen molar-refractivity contribution in [2.24, 2.45) is 5.92 Å². The van der Waals surface area contributed by atoms with E-state index in [4.69, 9.17) is 10.5 Å². The topological polar surface area (TPSA) is 64.3 Å². The van der Waals surface area contributed by atoms with E-state index in [1.807, 2.05) is 19.1 Å². The molecule has 1 aliphatic rings. The number of nitrogen functional groups attached to an aromatic ring is 1. The summed E-state index contributed by atoms with van der Waals surface area (Å²) in [6.45, 7) is 6.20. The Morgan fingerprint density at radius 2 is 2.06 bits per heavy atom. The van der Waals surface area contributed by atoms with Crippen molar-refractivity contribution in [1.82, 2.24) is 0 Å². The minimum Gasteiger partial charge on any atom is -0.488 e. The van der Waals surface area contributed by atoms with E-state index in [-0.39, 0.29) is 12.0 Å². The molecule has 1 atom stereocenters. The van der Waals surface area contributed by atoms with Crippen molar-refractivity contribution < 1.29 is 9.53 Å². The van der Waals surface area contributed by atoms with Crippen molar-refractivity contribution in [3.05, 3.63) is 17.7 Å². The summed E-state index contributed by atoms with van der Waals surface area (Å²) in [4.78, 5) is 11.3. The summed E-state index contributed by atoms with van der Waals surface area (Å²) in [5.41, 5.74) is 8.27. The second-order valence-corrected chi connectivity index (χ2v) is 4.84. The molecule has 92 valence electrons. The van der Waals surface area contributed by atoms with Gasteiger partial charge in [0.05, 0.1) is 18.2 Å². The van der Waals surface area contributed by atoms with Crippen LogP contribution in [0.2, 0.25) is 0 Å². The molecule has 2 rings (SSSR count). The molecule has 1 amide bonds. The zero-order chi connectivity index (χ0) is 12.6. The molecule has 1 aliphatic heterocycles. The van der Waals surface area contributed by atoms with Crippen LogP contribution in [0.4, 0.5) is 11.4 Å². The number of rotatable bonds is 3. The highest BCUT2D eigenvalue weighted by Crippen LogP contribution is 2.34. The molecular weight excluding hydrogens is 216 g/mol. The van der Waals surface area contributed by atoms with Gasteiger partial charge < -0.3 is 15.8 Å². The Balaban J connectivity index is 2.25. The molecule has 1 aromatic rings. The number of nitrogens with one attached hydrogen (secondary N) is 1. The van der Waals surface area contributed by atoms with Crippen LogP contribution in [0.25, 0.3) is 0 Å². The van der Waals surface area contributed by atoms with Crippen LogP contribution in [-0.4, -0.2) is 12.0 Å². The van der Waals surface area contributed by atoms with Crippen molar-refractivity contribution >= 4 is 17.3 Å². The molecule has 1 heterocycles. The molecule has 4 nitrogen and oxygen atoms in total. The van der Waals surface area contributed by atoms with Crippen molar-refractivity contribution in [1.29, 1.82) is 0 Å². The van der Waals surface area contributed by atoms with E-state index in [2.05, 4.69) is 19.2 Å². The lowest BCUT2D eigenvalue weighted by atomic mass is 10.1. The minimum absolute atomic E-state index is 0.00783. The first-order valence-corrected chi connectivity index (χ1v) is 5.86. The van der Waals surface area contributed by atoms with Gasteiger partial charge in [-0.15, -0.1) is 0 Å². The summed E-state index contributed by atoms with van der Waals surface area (Å²) in [5, 5.41) is 2.79. The van der Waals surface area contributed by atoms with Crippen LogP contribution >= 0.6 is 0 Å². The van der Waals surface area contributed by atoms with Crippen LogP contribution < -0.4 is 15.8 Å². The number of benzene rings is 1. The van der Waals surface area contributed by atoms with Crippen molar-refractivity contribution in [3.8, 4) is 5.75 Å². The van der Waals surface area contributed by atoms with Gasteiger partial charge in [0.15, 0.2) is 0 Å². The molecule has 0 aliphatic carbocycles. The van der Waals surface area contributed by atoms with E-state index in [1.54, 1.807) is 0 Å². The number of hydrogen-bond donors (Lipinski definition) is 2. The first-order chi connectivity index (χ1) is 7.97. The number of anilines is 2. The van der Waals surface area contributed by atoms with Gasteiger partial charge in [0, 0.05) is 11.8 Å². The summed E-state index contributed by atoms with van der Waals surface area (Å²) in [6, 6.07) is 3.63. The average molecular weight is 234 g/mol. The maximum Gasteiger partial charge on any atom is 0.228 e. The van der Waals surface area contributed by atoms with Gasteiger partial charge in [0.2, 0.25) is 5.91 Å². The van der Waals surface area contributed by atoms with Crippen LogP contribution in [0.5, 0.6) is 5.75 Å². The predicted molar refractivity (Wildman–Crippen MR) is 68.1 cm³/mol. The first kappa shape index (κ1) is 11.8. The fraction of sp³-hybridized carbons (Fsp3) is 0.462. The summed E-state index contributed by atoms with van der Waals surface area (Å²) >= 11 is 0. The van der Waals surface area contributed by atoms with E-state index in [9.17, 15) is 4.79 Å².